The Morgan fingerprint density at radius 3 is 2.43 bits per heavy atom. The molecule has 0 amide bonds. The Hall–Kier alpha value is -2.50. The molecule has 0 bridgehead atoms. The molecule has 0 aliphatic carbocycles. The lowest BCUT2D eigenvalue weighted by Gasteiger charge is -2.19. The van der Waals surface area contributed by atoms with Crippen LogP contribution in [0.15, 0.2) is 42.5 Å². The van der Waals surface area contributed by atoms with Crippen molar-refractivity contribution in [3.63, 3.8) is 0 Å². The average molecular weight is 295 g/mol. The van der Waals surface area contributed by atoms with Crippen molar-refractivity contribution in [3.8, 4) is 0 Å². The number of carbonyl (C=O) groups is 1. The number of nitrogens with one attached hydrogen (secondary N) is 1. The normalized spacial score (nSPS) is 11.8. The first-order valence-electron chi connectivity index (χ1n) is 6.06. The van der Waals surface area contributed by atoms with Gasteiger partial charge in [0.2, 0.25) is 0 Å². The zero-order valence-electron chi connectivity index (χ0n) is 11.1. The van der Waals surface area contributed by atoms with Crippen LogP contribution in [0.2, 0.25) is 0 Å². The summed E-state index contributed by atoms with van der Waals surface area (Å²) < 4.78 is 45.0. The second kappa shape index (κ2) is 6.30. The smallest absolute Gasteiger partial charge is 0.333 e. The molecule has 21 heavy (non-hydrogen) atoms. The van der Waals surface area contributed by atoms with Gasteiger partial charge in [-0.3, -0.25) is 0 Å². The fraction of sp³-hybridized carbons (Fsp3) is 0.133. The van der Waals surface area contributed by atoms with E-state index in [1.54, 1.807) is 6.07 Å². The molecule has 0 heterocycles. The van der Waals surface area contributed by atoms with E-state index in [0.717, 1.165) is 19.2 Å². The quantitative estimate of drug-likeness (QED) is 0.878. The molecule has 0 spiro atoms. The molecule has 1 atom stereocenters. The minimum Gasteiger partial charge on any atom is -0.467 e. The number of carbonyl (C=O) groups excluding carboxylic acids is 1. The molecule has 1 unspecified atom stereocenters. The summed E-state index contributed by atoms with van der Waals surface area (Å²) in [4.78, 5) is 11.8. The molecule has 0 aliphatic rings. The van der Waals surface area contributed by atoms with Gasteiger partial charge in [0, 0.05) is 11.6 Å². The van der Waals surface area contributed by atoms with E-state index in [0.29, 0.717) is 6.07 Å². The van der Waals surface area contributed by atoms with Crippen molar-refractivity contribution in [1.82, 2.24) is 0 Å². The summed E-state index contributed by atoms with van der Waals surface area (Å²) in [7, 11) is 1.12. The van der Waals surface area contributed by atoms with E-state index in [1.165, 1.54) is 18.2 Å². The molecule has 3 nitrogen and oxygen atoms in total. The number of anilines is 1. The zero-order chi connectivity index (χ0) is 15.4. The van der Waals surface area contributed by atoms with Gasteiger partial charge in [0.1, 0.15) is 17.5 Å². The molecule has 0 radical (unpaired) electrons. The molecule has 6 heteroatoms. The number of benzene rings is 2. The third kappa shape index (κ3) is 3.34. The van der Waals surface area contributed by atoms with Gasteiger partial charge in [0.05, 0.1) is 12.8 Å². The summed E-state index contributed by atoms with van der Waals surface area (Å²) in [5.74, 6) is -3.11. The summed E-state index contributed by atoms with van der Waals surface area (Å²) in [6, 6.07) is 7.11. The van der Waals surface area contributed by atoms with E-state index in [2.05, 4.69) is 10.1 Å². The lowest BCUT2D eigenvalue weighted by atomic mass is 10.1. The molecular formula is C15H12F3NO2. The number of rotatable bonds is 4. The van der Waals surface area contributed by atoms with Crippen molar-refractivity contribution in [2.45, 2.75) is 6.04 Å². The van der Waals surface area contributed by atoms with E-state index in [-0.39, 0.29) is 11.3 Å². The molecular weight excluding hydrogens is 283 g/mol. The largest absolute Gasteiger partial charge is 0.467 e. The molecule has 0 saturated heterocycles. The highest BCUT2D eigenvalue weighted by molar-refractivity contribution is 5.81. The number of hydrogen-bond donors (Lipinski definition) is 1. The zero-order valence-corrected chi connectivity index (χ0v) is 11.1. The maximum atomic E-state index is 13.8. The van der Waals surface area contributed by atoms with E-state index >= 15 is 0 Å². The summed E-state index contributed by atoms with van der Waals surface area (Å²) >= 11 is 0. The van der Waals surface area contributed by atoms with Crippen LogP contribution in [0.5, 0.6) is 0 Å². The standard InChI is InChI=1S/C15H12F3NO2/c1-21-15(20)14(10-7-6-9(16)8-12(10)18)19-13-5-3-2-4-11(13)17/h2-8,14,19H,1H3. The monoisotopic (exact) mass is 295 g/mol. The van der Waals surface area contributed by atoms with Crippen LogP contribution in [-0.2, 0) is 9.53 Å². The third-order valence-electron chi connectivity index (χ3n) is 2.88. The lowest BCUT2D eigenvalue weighted by molar-refractivity contribution is -0.141. The summed E-state index contributed by atoms with van der Waals surface area (Å²) in [6.07, 6.45) is 0. The first kappa shape index (κ1) is 14.9. The van der Waals surface area contributed by atoms with Crippen LogP contribution in [0, 0.1) is 17.5 Å². The van der Waals surface area contributed by atoms with Crippen LogP contribution in [0.1, 0.15) is 11.6 Å². The molecule has 110 valence electrons. The van der Waals surface area contributed by atoms with E-state index in [1.807, 2.05) is 0 Å². The van der Waals surface area contributed by atoms with Crippen molar-refractivity contribution in [1.29, 1.82) is 0 Å². The highest BCUT2D eigenvalue weighted by Crippen LogP contribution is 2.25. The van der Waals surface area contributed by atoms with Crippen molar-refractivity contribution < 1.29 is 22.7 Å². The van der Waals surface area contributed by atoms with Gasteiger partial charge in [-0.1, -0.05) is 18.2 Å². The van der Waals surface area contributed by atoms with Crippen molar-refractivity contribution in [2.75, 3.05) is 12.4 Å². The first-order chi connectivity index (χ1) is 10.0. The van der Waals surface area contributed by atoms with Gasteiger partial charge in [-0.15, -0.1) is 0 Å². The number of ether oxygens (including phenoxy) is 1. The second-order valence-corrected chi connectivity index (χ2v) is 4.25. The Morgan fingerprint density at radius 2 is 1.81 bits per heavy atom. The number of methoxy groups -OCH3 is 1. The molecule has 2 rings (SSSR count). The van der Waals surface area contributed by atoms with Gasteiger partial charge >= 0.3 is 5.97 Å². The molecule has 2 aromatic rings. The Morgan fingerprint density at radius 1 is 1.10 bits per heavy atom. The van der Waals surface area contributed by atoms with Gasteiger partial charge in [-0.2, -0.15) is 0 Å². The first-order valence-corrected chi connectivity index (χ1v) is 6.06. The topological polar surface area (TPSA) is 38.3 Å². The maximum Gasteiger partial charge on any atom is 0.333 e. The van der Waals surface area contributed by atoms with Gasteiger partial charge < -0.3 is 10.1 Å². The van der Waals surface area contributed by atoms with E-state index < -0.39 is 29.5 Å². The fourth-order valence-corrected chi connectivity index (χ4v) is 1.85. The lowest BCUT2D eigenvalue weighted by Crippen LogP contribution is -2.24. The van der Waals surface area contributed by atoms with E-state index in [9.17, 15) is 18.0 Å². The Balaban J connectivity index is 2.40. The predicted molar refractivity (Wildman–Crippen MR) is 71.1 cm³/mol. The number of esters is 1. The van der Waals surface area contributed by atoms with E-state index in [4.69, 9.17) is 0 Å². The van der Waals surface area contributed by atoms with Crippen LogP contribution < -0.4 is 5.32 Å². The van der Waals surface area contributed by atoms with Crippen LogP contribution in [0.4, 0.5) is 18.9 Å². The number of para-hydroxylation sites is 1. The molecule has 2 aromatic carbocycles. The summed E-state index contributed by atoms with van der Waals surface area (Å²) in [6.45, 7) is 0. The Labute approximate surface area is 119 Å². The number of hydrogen-bond acceptors (Lipinski definition) is 3. The Kier molecular flexibility index (Phi) is 4.47. The highest BCUT2D eigenvalue weighted by atomic mass is 19.1. The van der Waals surface area contributed by atoms with Crippen LogP contribution in [0.25, 0.3) is 0 Å². The number of halogens is 3. The van der Waals surface area contributed by atoms with Crippen LogP contribution >= 0.6 is 0 Å². The highest BCUT2D eigenvalue weighted by Gasteiger charge is 2.25. The van der Waals surface area contributed by atoms with Gasteiger partial charge in [0.15, 0.2) is 6.04 Å². The molecule has 1 N–H and O–H groups in total. The van der Waals surface area contributed by atoms with Crippen molar-refractivity contribution >= 4 is 11.7 Å². The SMILES string of the molecule is COC(=O)C(Nc1ccccc1F)c1ccc(F)cc1F. The van der Waals surface area contributed by atoms with Gasteiger partial charge in [0.25, 0.3) is 0 Å². The van der Waals surface area contributed by atoms with Crippen LogP contribution in [-0.4, -0.2) is 13.1 Å². The van der Waals surface area contributed by atoms with Gasteiger partial charge in [-0.05, 0) is 18.2 Å². The minimum atomic E-state index is -1.28. The Bertz CT molecular complexity index is 661. The molecule has 0 aliphatic heterocycles. The predicted octanol–water partition coefficient (Wildman–Crippen LogP) is 3.43. The van der Waals surface area contributed by atoms with Crippen molar-refractivity contribution in [2.24, 2.45) is 0 Å². The average Bonchev–Trinajstić information content (AvgIpc) is 2.46. The maximum absolute atomic E-state index is 13.8. The summed E-state index contributed by atoms with van der Waals surface area (Å²) in [5, 5.41) is 2.56. The molecule has 0 aromatic heterocycles. The minimum absolute atomic E-state index is 0.0108. The molecule has 0 fully saturated rings. The second-order valence-electron chi connectivity index (χ2n) is 4.25. The fourth-order valence-electron chi connectivity index (χ4n) is 1.85. The van der Waals surface area contributed by atoms with Crippen LogP contribution in [0.3, 0.4) is 0 Å². The van der Waals surface area contributed by atoms with Crippen molar-refractivity contribution in [3.05, 3.63) is 65.5 Å². The molecule has 0 saturated carbocycles. The van der Waals surface area contributed by atoms with Gasteiger partial charge in [-0.25, -0.2) is 18.0 Å². The third-order valence-corrected chi connectivity index (χ3v) is 2.88. The summed E-state index contributed by atoms with van der Waals surface area (Å²) in [5.41, 5.74) is -0.122.